The third-order valence-corrected chi connectivity index (χ3v) is 1.41. The predicted molar refractivity (Wildman–Crippen MR) is 50.7 cm³/mol. The fraction of sp³-hybridized carbons (Fsp3) is 0.200. The Morgan fingerprint density at radius 1 is 1.31 bits per heavy atom. The maximum Gasteiger partial charge on any atom is 0.260 e. The van der Waals surface area contributed by atoms with Gasteiger partial charge < -0.3 is 4.42 Å². The number of fused-ring (bicyclic) bond motifs is 1. The molecule has 0 aliphatic heterocycles. The number of hydrogen-bond donors (Lipinski definition) is 0. The Hall–Kier alpha value is -1.64. The zero-order valence-electron chi connectivity index (χ0n) is 7.65. The average Bonchev–Trinajstić information content (AvgIpc) is 2.63. The van der Waals surface area contributed by atoms with E-state index in [9.17, 15) is 4.79 Å². The van der Waals surface area contributed by atoms with Crippen LogP contribution in [0.15, 0.2) is 28.7 Å². The van der Waals surface area contributed by atoms with Crippen molar-refractivity contribution < 1.29 is 9.21 Å². The molecule has 0 aliphatic rings. The van der Waals surface area contributed by atoms with E-state index in [2.05, 4.69) is 4.98 Å². The van der Waals surface area contributed by atoms with Crippen molar-refractivity contribution in [1.82, 2.24) is 4.98 Å². The Kier molecular flexibility index (Phi) is 3.20. The number of aromatic nitrogens is 1. The molecule has 0 N–H and O–H groups in total. The molecule has 68 valence electrons. The largest absolute Gasteiger partial charge is 0.434 e. The van der Waals surface area contributed by atoms with E-state index in [0.717, 1.165) is 5.52 Å². The molecule has 0 unspecified atom stereocenters. The van der Waals surface area contributed by atoms with Gasteiger partial charge in [0.15, 0.2) is 5.58 Å². The van der Waals surface area contributed by atoms with E-state index in [0.29, 0.717) is 11.9 Å². The van der Waals surface area contributed by atoms with Gasteiger partial charge >= 0.3 is 0 Å². The molecule has 0 atom stereocenters. The summed E-state index contributed by atoms with van der Waals surface area (Å²) in [5, 5.41) is 0. The molecule has 0 radical (unpaired) electrons. The Balaban J connectivity index is 0.000000396. The molecule has 13 heavy (non-hydrogen) atoms. The summed E-state index contributed by atoms with van der Waals surface area (Å²) in [6, 6.07) is 7.25. The molecular formula is C10H11NO2. The molecule has 0 fully saturated rings. The van der Waals surface area contributed by atoms with E-state index in [1.807, 2.05) is 26.0 Å². The molecule has 0 spiro atoms. The van der Waals surface area contributed by atoms with Gasteiger partial charge in [0.05, 0.1) is 0 Å². The number of nitrogens with zero attached hydrogens (tertiary/aromatic N) is 1. The maximum absolute atomic E-state index is 10.2. The first-order chi connectivity index (χ1) is 6.40. The minimum absolute atomic E-state index is 0.131. The number of hydrogen-bond acceptors (Lipinski definition) is 3. The molecule has 0 bridgehead atoms. The lowest BCUT2D eigenvalue weighted by Crippen LogP contribution is -1.73. The highest BCUT2D eigenvalue weighted by Gasteiger charge is 2.01. The van der Waals surface area contributed by atoms with Gasteiger partial charge in [-0.1, -0.05) is 26.0 Å². The second-order valence-corrected chi connectivity index (χ2v) is 2.14. The first-order valence-corrected chi connectivity index (χ1v) is 4.21. The van der Waals surface area contributed by atoms with Crippen LogP contribution in [-0.4, -0.2) is 11.3 Å². The highest BCUT2D eigenvalue weighted by atomic mass is 16.4. The number of carbonyl (C=O) groups excluding carboxylic acids is 1. The summed E-state index contributed by atoms with van der Waals surface area (Å²) in [6.45, 7) is 4.00. The maximum atomic E-state index is 10.2. The fourth-order valence-corrected chi connectivity index (χ4v) is 0.940. The van der Waals surface area contributed by atoms with Crippen molar-refractivity contribution in [1.29, 1.82) is 0 Å². The van der Waals surface area contributed by atoms with Gasteiger partial charge in [-0.2, -0.15) is 0 Å². The summed E-state index contributed by atoms with van der Waals surface area (Å²) in [5.74, 6) is 0.131. The number of oxazole rings is 1. The monoisotopic (exact) mass is 177 g/mol. The number of aldehydes is 1. The van der Waals surface area contributed by atoms with Crippen LogP contribution in [0.5, 0.6) is 0 Å². The molecule has 0 saturated heterocycles. The Labute approximate surface area is 76.4 Å². The molecule has 0 amide bonds. The van der Waals surface area contributed by atoms with Crippen LogP contribution in [0.1, 0.15) is 24.5 Å². The summed E-state index contributed by atoms with van der Waals surface area (Å²) >= 11 is 0. The van der Waals surface area contributed by atoms with Gasteiger partial charge in [0.25, 0.3) is 5.89 Å². The second kappa shape index (κ2) is 4.40. The molecule has 2 rings (SSSR count). The summed E-state index contributed by atoms with van der Waals surface area (Å²) in [6.07, 6.45) is 0.597. The van der Waals surface area contributed by atoms with Gasteiger partial charge in [0, 0.05) is 0 Å². The average molecular weight is 177 g/mol. The fourth-order valence-electron chi connectivity index (χ4n) is 0.940. The Bertz CT molecular complexity index is 359. The van der Waals surface area contributed by atoms with Gasteiger partial charge in [-0.05, 0) is 12.1 Å². The van der Waals surface area contributed by atoms with Gasteiger partial charge in [-0.15, -0.1) is 0 Å². The molecule has 2 aromatic rings. The van der Waals surface area contributed by atoms with Gasteiger partial charge in [0.1, 0.15) is 5.52 Å². The van der Waals surface area contributed by atoms with Crippen LogP contribution in [0, 0.1) is 0 Å². The van der Waals surface area contributed by atoms with Crippen LogP contribution in [-0.2, 0) is 0 Å². The van der Waals surface area contributed by atoms with E-state index in [4.69, 9.17) is 4.42 Å². The van der Waals surface area contributed by atoms with Crippen molar-refractivity contribution in [3.8, 4) is 0 Å². The van der Waals surface area contributed by atoms with Crippen molar-refractivity contribution in [2.75, 3.05) is 0 Å². The Morgan fingerprint density at radius 3 is 2.62 bits per heavy atom. The van der Waals surface area contributed by atoms with E-state index in [-0.39, 0.29) is 5.89 Å². The number of carbonyl (C=O) groups is 1. The van der Waals surface area contributed by atoms with Crippen LogP contribution in [0.3, 0.4) is 0 Å². The van der Waals surface area contributed by atoms with Crippen molar-refractivity contribution in [2.45, 2.75) is 13.8 Å². The van der Waals surface area contributed by atoms with E-state index < -0.39 is 0 Å². The third-order valence-electron chi connectivity index (χ3n) is 1.41. The SMILES string of the molecule is CC.O=Cc1nc2ccccc2o1. The number of para-hydroxylation sites is 2. The zero-order chi connectivity index (χ0) is 9.68. The van der Waals surface area contributed by atoms with Crippen LogP contribution < -0.4 is 0 Å². The number of benzene rings is 1. The van der Waals surface area contributed by atoms with E-state index in [1.165, 1.54) is 0 Å². The quantitative estimate of drug-likeness (QED) is 0.629. The summed E-state index contributed by atoms with van der Waals surface area (Å²) < 4.78 is 5.04. The lowest BCUT2D eigenvalue weighted by molar-refractivity contribution is 0.109. The van der Waals surface area contributed by atoms with Crippen LogP contribution in [0.2, 0.25) is 0 Å². The van der Waals surface area contributed by atoms with Crippen molar-refractivity contribution in [3.63, 3.8) is 0 Å². The lowest BCUT2D eigenvalue weighted by Gasteiger charge is -1.79. The highest BCUT2D eigenvalue weighted by Crippen LogP contribution is 2.12. The van der Waals surface area contributed by atoms with E-state index >= 15 is 0 Å². The van der Waals surface area contributed by atoms with Gasteiger partial charge in [-0.3, -0.25) is 4.79 Å². The van der Waals surface area contributed by atoms with Gasteiger partial charge in [-0.25, -0.2) is 4.98 Å². The first-order valence-electron chi connectivity index (χ1n) is 4.21. The predicted octanol–water partition coefficient (Wildman–Crippen LogP) is 2.67. The molecule has 1 aromatic carbocycles. The normalized spacial score (nSPS) is 9.08. The standard InChI is InChI=1S/C8H5NO2.C2H6/c10-5-8-9-6-3-1-2-4-7(6)11-8;1-2/h1-5H;1-2H3. The summed E-state index contributed by atoms with van der Waals surface area (Å²) in [7, 11) is 0. The molecule has 0 saturated carbocycles. The molecule has 1 heterocycles. The van der Waals surface area contributed by atoms with E-state index in [1.54, 1.807) is 12.1 Å². The van der Waals surface area contributed by atoms with Crippen LogP contribution in [0.25, 0.3) is 11.1 Å². The summed E-state index contributed by atoms with van der Waals surface area (Å²) in [4.78, 5) is 14.1. The molecular weight excluding hydrogens is 166 g/mol. The van der Waals surface area contributed by atoms with Gasteiger partial charge in [0.2, 0.25) is 6.29 Å². The first kappa shape index (κ1) is 9.45. The third kappa shape index (κ3) is 1.93. The van der Waals surface area contributed by atoms with Crippen LogP contribution in [0.4, 0.5) is 0 Å². The molecule has 0 aliphatic carbocycles. The highest BCUT2D eigenvalue weighted by molar-refractivity contribution is 5.78. The minimum atomic E-state index is 0.131. The van der Waals surface area contributed by atoms with Crippen molar-refractivity contribution in [3.05, 3.63) is 30.2 Å². The second-order valence-electron chi connectivity index (χ2n) is 2.14. The zero-order valence-corrected chi connectivity index (χ0v) is 7.65. The van der Waals surface area contributed by atoms with Crippen LogP contribution >= 0.6 is 0 Å². The molecule has 1 aromatic heterocycles. The van der Waals surface area contributed by atoms with Crippen molar-refractivity contribution in [2.24, 2.45) is 0 Å². The molecule has 3 heteroatoms. The lowest BCUT2D eigenvalue weighted by atomic mass is 10.3. The smallest absolute Gasteiger partial charge is 0.260 e. The molecule has 3 nitrogen and oxygen atoms in total. The number of rotatable bonds is 1. The Morgan fingerprint density at radius 2 is 2.00 bits per heavy atom. The minimum Gasteiger partial charge on any atom is -0.434 e. The topological polar surface area (TPSA) is 43.1 Å². The van der Waals surface area contributed by atoms with Crippen molar-refractivity contribution >= 4 is 17.4 Å². The summed E-state index contributed by atoms with van der Waals surface area (Å²) in [5.41, 5.74) is 1.37.